The van der Waals surface area contributed by atoms with Crippen molar-refractivity contribution in [2.45, 2.75) is 64.2 Å². The number of aliphatic imine (C=N–C) groups is 1. The van der Waals surface area contributed by atoms with Crippen LogP contribution in [0.2, 0.25) is 0 Å². The Morgan fingerprint density at radius 2 is 1.56 bits per heavy atom. The van der Waals surface area contributed by atoms with E-state index < -0.39 is 47.9 Å². The van der Waals surface area contributed by atoms with Gasteiger partial charge in [0.2, 0.25) is 17.7 Å². The fraction of sp³-hybridized carbons (Fsp3) is 0.522. The zero-order chi connectivity index (χ0) is 27.4. The Bertz CT molecular complexity index is 931. The summed E-state index contributed by atoms with van der Waals surface area (Å²) in [6, 6.07) is 1.83. The number of phenolic OH excluding ortho intramolecular Hbond substituents is 1. The van der Waals surface area contributed by atoms with Crippen molar-refractivity contribution in [3.05, 3.63) is 29.8 Å². The number of carbonyl (C=O) groups is 4. The SMILES string of the molecule is CC(NC(=O)C(Cc1ccc(O)cc1)NC(=O)C(N)CCCN=C(N)N)C(=O)NC(C(=O)O)C(C)C. The molecule has 0 heterocycles. The fourth-order valence-corrected chi connectivity index (χ4v) is 3.18. The van der Waals surface area contributed by atoms with Crippen LogP contribution in [-0.4, -0.2) is 70.6 Å². The minimum absolute atomic E-state index is 0.0371. The topological polar surface area (TPSA) is 235 Å². The van der Waals surface area contributed by atoms with Gasteiger partial charge >= 0.3 is 5.97 Å². The highest BCUT2D eigenvalue weighted by molar-refractivity contribution is 5.94. The van der Waals surface area contributed by atoms with Gasteiger partial charge in [-0.1, -0.05) is 26.0 Å². The standard InChI is InChI=1S/C23H37N7O6/c1-12(2)18(22(35)36)30-19(32)13(3)28-21(34)17(11-14-6-8-15(31)9-7-14)29-20(33)16(24)5-4-10-27-23(25)26/h6-9,12-13,16-18,31H,4-5,10-11,24H2,1-3H3,(H,28,34)(H,29,33)(H,30,32)(H,35,36)(H4,25,26,27). The van der Waals surface area contributed by atoms with Crippen LogP contribution in [0.1, 0.15) is 39.2 Å². The number of nitrogens with two attached hydrogens (primary N) is 3. The lowest BCUT2D eigenvalue weighted by Gasteiger charge is -2.24. The molecule has 0 aliphatic carbocycles. The molecule has 0 fully saturated rings. The third kappa shape index (κ3) is 10.6. The molecule has 3 amide bonds. The first-order chi connectivity index (χ1) is 16.8. The van der Waals surface area contributed by atoms with Gasteiger partial charge in [0.05, 0.1) is 6.04 Å². The predicted molar refractivity (Wildman–Crippen MR) is 134 cm³/mol. The number of aromatic hydroxyl groups is 1. The van der Waals surface area contributed by atoms with Crippen molar-refractivity contribution in [1.29, 1.82) is 0 Å². The highest BCUT2D eigenvalue weighted by Gasteiger charge is 2.29. The number of hydrogen-bond donors (Lipinski definition) is 8. The molecule has 1 rings (SSSR count). The van der Waals surface area contributed by atoms with Crippen molar-refractivity contribution in [1.82, 2.24) is 16.0 Å². The second-order valence-electron chi connectivity index (χ2n) is 8.79. The van der Waals surface area contributed by atoms with E-state index in [0.29, 0.717) is 18.5 Å². The van der Waals surface area contributed by atoms with Crippen LogP contribution in [0.15, 0.2) is 29.3 Å². The Morgan fingerprint density at radius 1 is 0.944 bits per heavy atom. The zero-order valence-electron chi connectivity index (χ0n) is 20.7. The summed E-state index contributed by atoms with van der Waals surface area (Å²) in [5.74, 6) is -3.53. The zero-order valence-corrected chi connectivity index (χ0v) is 20.7. The molecule has 0 aliphatic heterocycles. The second kappa shape index (κ2) is 14.5. The summed E-state index contributed by atoms with van der Waals surface area (Å²) in [4.78, 5) is 53.4. The lowest BCUT2D eigenvalue weighted by Crippen LogP contribution is -2.57. The van der Waals surface area contributed by atoms with E-state index in [-0.39, 0.29) is 30.5 Å². The molecule has 4 atom stereocenters. The van der Waals surface area contributed by atoms with E-state index in [9.17, 15) is 29.4 Å². The fourth-order valence-electron chi connectivity index (χ4n) is 3.18. The molecule has 0 bridgehead atoms. The van der Waals surface area contributed by atoms with Crippen molar-refractivity contribution in [3.8, 4) is 5.75 Å². The maximum absolute atomic E-state index is 13.0. The Morgan fingerprint density at radius 3 is 2.08 bits per heavy atom. The molecule has 13 heteroatoms. The summed E-state index contributed by atoms with van der Waals surface area (Å²) >= 11 is 0. The molecule has 0 aliphatic rings. The van der Waals surface area contributed by atoms with Crippen molar-refractivity contribution >= 4 is 29.7 Å². The van der Waals surface area contributed by atoms with Crippen molar-refractivity contribution < 1.29 is 29.4 Å². The molecule has 4 unspecified atom stereocenters. The number of amides is 3. The van der Waals surface area contributed by atoms with Gasteiger partial charge in [-0.25, -0.2) is 4.79 Å². The summed E-state index contributed by atoms with van der Waals surface area (Å²) in [6.45, 7) is 4.99. The van der Waals surface area contributed by atoms with Gasteiger partial charge < -0.3 is 43.4 Å². The predicted octanol–water partition coefficient (Wildman–Crippen LogP) is -1.47. The maximum Gasteiger partial charge on any atom is 0.326 e. The van der Waals surface area contributed by atoms with E-state index in [1.807, 2.05) is 0 Å². The van der Waals surface area contributed by atoms with Crippen LogP contribution in [0.5, 0.6) is 5.75 Å². The molecular weight excluding hydrogens is 470 g/mol. The molecule has 0 saturated heterocycles. The van der Waals surface area contributed by atoms with Crippen LogP contribution in [0, 0.1) is 5.92 Å². The molecule has 11 N–H and O–H groups in total. The molecule has 1 aromatic carbocycles. The van der Waals surface area contributed by atoms with Crippen LogP contribution in [0.4, 0.5) is 0 Å². The van der Waals surface area contributed by atoms with E-state index in [4.69, 9.17) is 17.2 Å². The number of carboxylic acids is 1. The summed E-state index contributed by atoms with van der Waals surface area (Å²) < 4.78 is 0. The number of carbonyl (C=O) groups excluding carboxylic acids is 3. The van der Waals surface area contributed by atoms with Crippen LogP contribution in [0.25, 0.3) is 0 Å². The quantitative estimate of drug-likeness (QED) is 0.0832. The molecule has 0 aromatic heterocycles. The first kappa shape index (κ1) is 30.2. The van der Waals surface area contributed by atoms with Gasteiger partial charge in [0, 0.05) is 13.0 Å². The largest absolute Gasteiger partial charge is 0.508 e. The van der Waals surface area contributed by atoms with Gasteiger partial charge in [0.25, 0.3) is 0 Å². The Balaban J connectivity index is 2.91. The number of nitrogens with one attached hydrogen (secondary N) is 3. The van der Waals surface area contributed by atoms with Gasteiger partial charge in [-0.3, -0.25) is 19.4 Å². The van der Waals surface area contributed by atoms with E-state index >= 15 is 0 Å². The lowest BCUT2D eigenvalue weighted by atomic mass is 10.0. The third-order valence-electron chi connectivity index (χ3n) is 5.30. The smallest absolute Gasteiger partial charge is 0.326 e. The van der Waals surface area contributed by atoms with Crippen LogP contribution in [0.3, 0.4) is 0 Å². The Hall–Kier alpha value is -3.87. The number of aliphatic carboxylic acids is 1. The molecule has 0 saturated carbocycles. The van der Waals surface area contributed by atoms with Gasteiger partial charge in [-0.15, -0.1) is 0 Å². The monoisotopic (exact) mass is 507 g/mol. The van der Waals surface area contributed by atoms with Crippen molar-refractivity contribution in [3.63, 3.8) is 0 Å². The highest BCUT2D eigenvalue weighted by atomic mass is 16.4. The Labute approximate surface area is 209 Å². The van der Waals surface area contributed by atoms with Crippen LogP contribution in [-0.2, 0) is 25.6 Å². The lowest BCUT2D eigenvalue weighted by molar-refractivity contribution is -0.143. The summed E-state index contributed by atoms with van der Waals surface area (Å²) in [6.07, 6.45) is 0.760. The van der Waals surface area contributed by atoms with Gasteiger partial charge in [-0.2, -0.15) is 0 Å². The molecule has 0 spiro atoms. The Kier molecular flexibility index (Phi) is 12.2. The average Bonchev–Trinajstić information content (AvgIpc) is 2.79. The van der Waals surface area contributed by atoms with Crippen molar-refractivity contribution in [2.75, 3.05) is 6.54 Å². The first-order valence-electron chi connectivity index (χ1n) is 11.5. The summed E-state index contributed by atoms with van der Waals surface area (Å²) in [5.41, 5.74) is 17.1. The summed E-state index contributed by atoms with van der Waals surface area (Å²) in [5, 5.41) is 26.3. The number of hydrogen-bond acceptors (Lipinski definition) is 7. The maximum atomic E-state index is 13.0. The number of benzene rings is 1. The van der Waals surface area contributed by atoms with Gasteiger partial charge in [0.15, 0.2) is 5.96 Å². The first-order valence-corrected chi connectivity index (χ1v) is 11.5. The van der Waals surface area contributed by atoms with Gasteiger partial charge in [-0.05, 0) is 43.4 Å². The van der Waals surface area contributed by atoms with Gasteiger partial charge in [0.1, 0.15) is 23.9 Å². The summed E-state index contributed by atoms with van der Waals surface area (Å²) in [7, 11) is 0. The number of carboxylic acid groups (broad SMARTS) is 1. The number of guanidine groups is 1. The number of phenols is 1. The molecule has 1 aromatic rings. The second-order valence-corrected chi connectivity index (χ2v) is 8.79. The van der Waals surface area contributed by atoms with Crippen molar-refractivity contribution in [2.24, 2.45) is 28.1 Å². The van der Waals surface area contributed by atoms with E-state index in [1.54, 1.807) is 26.0 Å². The molecule has 36 heavy (non-hydrogen) atoms. The van der Waals surface area contributed by atoms with E-state index in [1.165, 1.54) is 19.1 Å². The highest BCUT2D eigenvalue weighted by Crippen LogP contribution is 2.12. The third-order valence-corrected chi connectivity index (χ3v) is 5.30. The average molecular weight is 508 g/mol. The van der Waals surface area contributed by atoms with E-state index in [2.05, 4.69) is 20.9 Å². The molecule has 0 radical (unpaired) electrons. The number of rotatable bonds is 14. The molecule has 200 valence electrons. The van der Waals surface area contributed by atoms with E-state index in [0.717, 1.165) is 0 Å². The minimum Gasteiger partial charge on any atom is -0.508 e. The normalized spacial score (nSPS) is 14.1. The minimum atomic E-state index is -1.19. The number of nitrogens with zero attached hydrogens (tertiary/aromatic N) is 1. The molecule has 13 nitrogen and oxygen atoms in total. The van der Waals surface area contributed by atoms with Crippen LogP contribution < -0.4 is 33.2 Å². The van der Waals surface area contributed by atoms with Crippen LogP contribution >= 0.6 is 0 Å². The molecular formula is C23H37N7O6.